The van der Waals surface area contributed by atoms with E-state index in [4.69, 9.17) is 14.2 Å². The molecule has 1 unspecified atom stereocenters. The molecular formula is C17H25ClN4O4. The minimum absolute atomic E-state index is 0. The zero-order valence-electron chi connectivity index (χ0n) is 15.5. The first-order chi connectivity index (χ1) is 12.0. The summed E-state index contributed by atoms with van der Waals surface area (Å²) in [6.45, 7) is 0.292. The quantitative estimate of drug-likeness (QED) is 0.716. The van der Waals surface area contributed by atoms with E-state index in [1.165, 1.54) is 0 Å². The van der Waals surface area contributed by atoms with Crippen LogP contribution in [0.15, 0.2) is 24.5 Å². The maximum absolute atomic E-state index is 12.5. The molecule has 1 amide bonds. The Kier molecular flexibility index (Phi) is 8.21. The Morgan fingerprint density at radius 3 is 2.27 bits per heavy atom. The Bertz CT molecular complexity index is 736. The van der Waals surface area contributed by atoms with Crippen molar-refractivity contribution >= 4 is 18.3 Å². The summed E-state index contributed by atoms with van der Waals surface area (Å²) >= 11 is 0. The number of likely N-dealkylation sites (N-methyl/N-ethyl adjacent to an activating group) is 1. The first-order valence-corrected chi connectivity index (χ1v) is 7.76. The number of benzene rings is 1. The predicted octanol–water partition coefficient (Wildman–Crippen LogP) is 1.44. The highest BCUT2D eigenvalue weighted by Gasteiger charge is 2.20. The summed E-state index contributed by atoms with van der Waals surface area (Å²) in [5.74, 6) is 1.59. The van der Waals surface area contributed by atoms with Crippen molar-refractivity contribution in [2.45, 2.75) is 12.6 Å². The maximum Gasteiger partial charge on any atom is 0.242 e. The van der Waals surface area contributed by atoms with E-state index in [0.29, 0.717) is 23.8 Å². The summed E-state index contributed by atoms with van der Waals surface area (Å²) in [6.07, 6.45) is 3.47. The standard InChI is InChI=1S/C17H24N4O4.ClH/c1-18-16(12-9-20-21(2)10-12)17(22)19-8-11-6-14(24-4)15(25-5)7-13(11)23-3;/h6-7,9-10,16,18H,8H2,1-5H3,(H,19,22);1H. The number of aromatic nitrogens is 2. The fraction of sp³-hybridized carbons (Fsp3) is 0.412. The summed E-state index contributed by atoms with van der Waals surface area (Å²) in [5, 5.41) is 10.0. The van der Waals surface area contributed by atoms with Crippen LogP contribution in [0.25, 0.3) is 0 Å². The second kappa shape index (κ2) is 9.88. The SMILES string of the molecule is CNC(C(=O)NCc1cc(OC)c(OC)cc1OC)c1cnn(C)c1.Cl. The number of nitrogens with one attached hydrogen (secondary N) is 2. The van der Waals surface area contributed by atoms with Gasteiger partial charge in [-0.1, -0.05) is 0 Å². The maximum atomic E-state index is 12.5. The molecule has 1 aromatic carbocycles. The van der Waals surface area contributed by atoms with Crippen molar-refractivity contribution in [3.05, 3.63) is 35.7 Å². The lowest BCUT2D eigenvalue weighted by molar-refractivity contribution is -0.123. The van der Waals surface area contributed by atoms with Gasteiger partial charge < -0.3 is 24.8 Å². The molecule has 0 aliphatic heterocycles. The Hall–Kier alpha value is -2.45. The van der Waals surface area contributed by atoms with E-state index in [1.807, 2.05) is 7.05 Å². The van der Waals surface area contributed by atoms with Gasteiger partial charge in [0.15, 0.2) is 11.5 Å². The number of nitrogens with zero attached hydrogens (tertiary/aromatic N) is 2. The fourth-order valence-corrected chi connectivity index (χ4v) is 2.55. The van der Waals surface area contributed by atoms with Crippen LogP contribution in [0.3, 0.4) is 0 Å². The summed E-state index contributed by atoms with van der Waals surface area (Å²) in [4.78, 5) is 12.5. The normalized spacial score (nSPS) is 11.3. The first kappa shape index (κ1) is 21.6. The Labute approximate surface area is 159 Å². The molecular weight excluding hydrogens is 360 g/mol. The summed E-state index contributed by atoms with van der Waals surface area (Å²) in [5.41, 5.74) is 1.58. The molecule has 2 rings (SSSR count). The van der Waals surface area contributed by atoms with Crippen LogP contribution < -0.4 is 24.8 Å². The highest BCUT2D eigenvalue weighted by Crippen LogP contribution is 2.34. The average molecular weight is 385 g/mol. The van der Waals surface area contributed by atoms with Crippen LogP contribution in [-0.4, -0.2) is 44.1 Å². The van der Waals surface area contributed by atoms with E-state index in [1.54, 1.807) is 57.6 Å². The van der Waals surface area contributed by atoms with E-state index in [9.17, 15) is 4.79 Å². The molecule has 0 spiro atoms. The number of carbonyl (C=O) groups is 1. The number of ether oxygens (including phenoxy) is 3. The summed E-state index contributed by atoms with van der Waals surface area (Å²) in [6, 6.07) is 3.03. The molecule has 0 saturated heterocycles. The zero-order chi connectivity index (χ0) is 18.4. The molecule has 1 heterocycles. The van der Waals surface area contributed by atoms with E-state index in [0.717, 1.165) is 11.1 Å². The number of carbonyl (C=O) groups excluding carboxylic acids is 1. The van der Waals surface area contributed by atoms with E-state index in [-0.39, 0.29) is 18.3 Å². The molecule has 2 N–H and O–H groups in total. The van der Waals surface area contributed by atoms with Gasteiger partial charge in [-0.3, -0.25) is 9.48 Å². The number of hydrogen-bond acceptors (Lipinski definition) is 6. The molecule has 144 valence electrons. The summed E-state index contributed by atoms with van der Waals surface area (Å²) < 4.78 is 17.6. The molecule has 0 saturated carbocycles. The minimum atomic E-state index is -0.486. The van der Waals surface area contributed by atoms with Crippen molar-refractivity contribution in [1.82, 2.24) is 20.4 Å². The molecule has 0 aliphatic carbocycles. The number of amides is 1. The third-order valence-electron chi connectivity index (χ3n) is 3.85. The molecule has 1 atom stereocenters. The van der Waals surface area contributed by atoms with Crippen molar-refractivity contribution in [3.63, 3.8) is 0 Å². The zero-order valence-corrected chi connectivity index (χ0v) is 16.3. The van der Waals surface area contributed by atoms with E-state index >= 15 is 0 Å². The average Bonchev–Trinajstić information content (AvgIpc) is 3.05. The number of rotatable bonds is 8. The summed E-state index contributed by atoms with van der Waals surface area (Å²) in [7, 11) is 8.23. The molecule has 0 bridgehead atoms. The third-order valence-corrected chi connectivity index (χ3v) is 3.85. The second-order valence-corrected chi connectivity index (χ2v) is 5.41. The van der Waals surface area contributed by atoms with Gasteiger partial charge in [0.05, 0.1) is 27.5 Å². The van der Waals surface area contributed by atoms with Crippen molar-refractivity contribution < 1.29 is 19.0 Å². The van der Waals surface area contributed by atoms with Crippen molar-refractivity contribution in [2.75, 3.05) is 28.4 Å². The van der Waals surface area contributed by atoms with Gasteiger partial charge in [0.2, 0.25) is 5.91 Å². The number of hydrogen-bond donors (Lipinski definition) is 2. The van der Waals surface area contributed by atoms with E-state index in [2.05, 4.69) is 15.7 Å². The third kappa shape index (κ3) is 4.80. The van der Waals surface area contributed by atoms with Crippen molar-refractivity contribution in [2.24, 2.45) is 7.05 Å². The van der Waals surface area contributed by atoms with Gasteiger partial charge in [0, 0.05) is 37.0 Å². The highest BCUT2D eigenvalue weighted by atomic mass is 35.5. The highest BCUT2D eigenvalue weighted by molar-refractivity contribution is 5.85. The van der Waals surface area contributed by atoms with Crippen LogP contribution in [0.1, 0.15) is 17.2 Å². The van der Waals surface area contributed by atoms with Crippen LogP contribution in [0, 0.1) is 0 Å². The Morgan fingerprint density at radius 2 is 1.77 bits per heavy atom. The molecule has 0 aliphatic rings. The molecule has 2 aromatic rings. The molecule has 26 heavy (non-hydrogen) atoms. The smallest absolute Gasteiger partial charge is 0.242 e. The van der Waals surface area contributed by atoms with Gasteiger partial charge in [0.1, 0.15) is 11.8 Å². The van der Waals surface area contributed by atoms with Gasteiger partial charge >= 0.3 is 0 Å². The Morgan fingerprint density at radius 1 is 1.15 bits per heavy atom. The molecule has 0 radical (unpaired) electrons. The van der Waals surface area contributed by atoms with Crippen molar-refractivity contribution in [3.8, 4) is 17.2 Å². The predicted molar refractivity (Wildman–Crippen MR) is 100 cm³/mol. The second-order valence-electron chi connectivity index (χ2n) is 5.41. The van der Waals surface area contributed by atoms with Gasteiger partial charge in [-0.25, -0.2) is 0 Å². The van der Waals surface area contributed by atoms with Gasteiger partial charge in [-0.05, 0) is 13.1 Å². The van der Waals surface area contributed by atoms with Crippen LogP contribution in [0.4, 0.5) is 0 Å². The van der Waals surface area contributed by atoms with Crippen molar-refractivity contribution in [1.29, 1.82) is 0 Å². The molecule has 8 nitrogen and oxygen atoms in total. The largest absolute Gasteiger partial charge is 0.496 e. The lowest BCUT2D eigenvalue weighted by Crippen LogP contribution is -2.35. The van der Waals surface area contributed by atoms with Crippen LogP contribution in [0.5, 0.6) is 17.2 Å². The van der Waals surface area contributed by atoms with Gasteiger partial charge in [0.25, 0.3) is 0 Å². The number of halogens is 1. The number of methoxy groups -OCH3 is 3. The molecule has 0 fully saturated rings. The van der Waals surface area contributed by atoms with Gasteiger partial charge in [-0.15, -0.1) is 12.4 Å². The topological polar surface area (TPSA) is 86.6 Å². The van der Waals surface area contributed by atoms with Crippen LogP contribution >= 0.6 is 12.4 Å². The Balaban J connectivity index is 0.00000338. The molecule has 9 heteroatoms. The molecule has 1 aromatic heterocycles. The monoisotopic (exact) mass is 384 g/mol. The van der Waals surface area contributed by atoms with Crippen LogP contribution in [0.2, 0.25) is 0 Å². The number of aryl methyl sites for hydroxylation is 1. The van der Waals surface area contributed by atoms with Crippen LogP contribution in [-0.2, 0) is 18.4 Å². The minimum Gasteiger partial charge on any atom is -0.496 e. The first-order valence-electron chi connectivity index (χ1n) is 7.76. The van der Waals surface area contributed by atoms with E-state index < -0.39 is 6.04 Å². The lowest BCUT2D eigenvalue weighted by Gasteiger charge is -2.17. The van der Waals surface area contributed by atoms with Gasteiger partial charge in [-0.2, -0.15) is 5.10 Å². The lowest BCUT2D eigenvalue weighted by atomic mass is 10.1. The fourth-order valence-electron chi connectivity index (χ4n) is 2.55.